The van der Waals surface area contributed by atoms with E-state index in [2.05, 4.69) is 26.1 Å². The third-order valence-corrected chi connectivity index (χ3v) is 5.11. The topological polar surface area (TPSA) is 64.9 Å². The molecule has 3 rings (SSSR count). The number of rotatable bonds is 3. The van der Waals surface area contributed by atoms with Crippen molar-refractivity contribution in [2.45, 2.75) is 25.2 Å². The molecule has 20 heavy (non-hydrogen) atoms. The average Bonchev–Trinajstić information content (AvgIpc) is 3.09. The van der Waals surface area contributed by atoms with Gasteiger partial charge in [0.25, 0.3) is 0 Å². The van der Waals surface area contributed by atoms with Gasteiger partial charge in [-0.05, 0) is 59.4 Å². The molecule has 1 fully saturated rings. The van der Waals surface area contributed by atoms with Crippen LogP contribution in [0.3, 0.4) is 0 Å². The quantitative estimate of drug-likeness (QED) is 0.903. The lowest BCUT2D eigenvalue weighted by molar-refractivity contribution is 0.326. The fourth-order valence-corrected chi connectivity index (χ4v) is 3.28. The molecule has 6 heteroatoms. The Balaban J connectivity index is 1.88. The first-order valence-corrected chi connectivity index (χ1v) is 7.85. The molecule has 1 aromatic carbocycles. The molecule has 106 valence electrons. The number of halogens is 2. The fourth-order valence-electron chi connectivity index (χ4n) is 2.78. The number of benzene rings is 1. The number of nitrogens with two attached hydrogens (primary N) is 1. The predicted molar refractivity (Wildman–Crippen MR) is 81.6 cm³/mol. The van der Waals surface area contributed by atoms with Crippen LogP contribution in [0, 0.1) is 5.92 Å². The maximum atomic E-state index is 5.99. The first-order chi connectivity index (χ1) is 9.69. The summed E-state index contributed by atoms with van der Waals surface area (Å²) in [5.74, 6) is 2.07. The van der Waals surface area contributed by atoms with E-state index in [0.717, 1.165) is 22.9 Å². The summed E-state index contributed by atoms with van der Waals surface area (Å²) in [6.45, 7) is 0.675. The maximum Gasteiger partial charge on any atom is 0.230 e. The zero-order valence-corrected chi connectivity index (χ0v) is 13.2. The summed E-state index contributed by atoms with van der Waals surface area (Å²) in [6, 6.07) is 5.60. The van der Waals surface area contributed by atoms with E-state index in [1.54, 1.807) is 0 Å². The minimum atomic E-state index is 0.303. The van der Waals surface area contributed by atoms with Gasteiger partial charge in [-0.1, -0.05) is 23.2 Å². The summed E-state index contributed by atoms with van der Waals surface area (Å²) in [4.78, 5) is 4.53. The van der Waals surface area contributed by atoms with Crippen LogP contribution in [0.15, 0.2) is 27.2 Å². The maximum absolute atomic E-state index is 5.99. The van der Waals surface area contributed by atoms with Crippen LogP contribution in [0.5, 0.6) is 0 Å². The molecule has 1 saturated carbocycles. The molecule has 0 bridgehead atoms. The SMILES string of the molecule is NCC1CCCC1c1nc(-c2ccc(Cl)c(Br)c2)no1. The van der Waals surface area contributed by atoms with Crippen molar-refractivity contribution in [1.82, 2.24) is 10.1 Å². The van der Waals surface area contributed by atoms with E-state index < -0.39 is 0 Å². The molecule has 4 nitrogen and oxygen atoms in total. The molecule has 1 aromatic heterocycles. The third kappa shape index (κ3) is 2.62. The third-order valence-electron chi connectivity index (χ3n) is 3.90. The summed E-state index contributed by atoms with van der Waals surface area (Å²) in [5.41, 5.74) is 6.69. The van der Waals surface area contributed by atoms with Gasteiger partial charge >= 0.3 is 0 Å². The molecule has 0 radical (unpaired) electrons. The zero-order chi connectivity index (χ0) is 14.1. The summed E-state index contributed by atoms with van der Waals surface area (Å²) in [6.07, 6.45) is 3.40. The lowest BCUT2D eigenvalue weighted by Gasteiger charge is -2.12. The molecule has 0 spiro atoms. The number of hydrogen-bond donors (Lipinski definition) is 1. The second-order valence-electron chi connectivity index (χ2n) is 5.12. The molecule has 2 aromatic rings. The molecule has 2 unspecified atom stereocenters. The Kier molecular flexibility index (Phi) is 4.10. The number of nitrogens with zero attached hydrogens (tertiary/aromatic N) is 2. The van der Waals surface area contributed by atoms with E-state index in [1.807, 2.05) is 18.2 Å². The standard InChI is InChI=1S/C14H15BrClN3O/c15-11-6-8(4-5-12(11)16)13-18-14(20-19-13)10-3-1-2-9(10)7-17/h4-6,9-10H,1-3,7,17H2. The predicted octanol–water partition coefficient (Wildman–Crippen LogP) is 3.99. The normalized spacial score (nSPS) is 22.4. The smallest absolute Gasteiger partial charge is 0.230 e. The van der Waals surface area contributed by atoms with Gasteiger partial charge < -0.3 is 10.3 Å². The van der Waals surface area contributed by atoms with Crippen molar-refractivity contribution in [1.29, 1.82) is 0 Å². The summed E-state index contributed by atoms with van der Waals surface area (Å²) in [7, 11) is 0. The second kappa shape index (κ2) is 5.84. The van der Waals surface area contributed by atoms with Crippen LogP contribution < -0.4 is 5.73 Å². The summed E-state index contributed by atoms with van der Waals surface area (Å²) in [5, 5.41) is 4.74. The van der Waals surface area contributed by atoms with Crippen LogP contribution in [-0.2, 0) is 0 Å². The highest BCUT2D eigenvalue weighted by atomic mass is 79.9. The summed E-state index contributed by atoms with van der Waals surface area (Å²) < 4.78 is 6.26. The molecule has 0 amide bonds. The van der Waals surface area contributed by atoms with Gasteiger partial charge in [-0.2, -0.15) is 4.98 Å². The van der Waals surface area contributed by atoms with Gasteiger partial charge in [0.05, 0.1) is 5.02 Å². The highest BCUT2D eigenvalue weighted by Gasteiger charge is 2.32. The molecular formula is C14H15BrClN3O. The van der Waals surface area contributed by atoms with Crippen LogP contribution in [0.25, 0.3) is 11.4 Å². The first kappa shape index (κ1) is 14.0. The molecule has 2 atom stereocenters. The van der Waals surface area contributed by atoms with E-state index in [-0.39, 0.29) is 0 Å². The summed E-state index contributed by atoms with van der Waals surface area (Å²) >= 11 is 9.39. The lowest BCUT2D eigenvalue weighted by atomic mass is 9.96. The Morgan fingerprint density at radius 3 is 3.00 bits per heavy atom. The molecule has 1 aliphatic carbocycles. The monoisotopic (exact) mass is 355 g/mol. The van der Waals surface area contributed by atoms with E-state index >= 15 is 0 Å². The van der Waals surface area contributed by atoms with Gasteiger partial charge in [-0.15, -0.1) is 0 Å². The average molecular weight is 357 g/mol. The largest absolute Gasteiger partial charge is 0.339 e. The van der Waals surface area contributed by atoms with Crippen molar-refractivity contribution < 1.29 is 4.52 Å². The van der Waals surface area contributed by atoms with Crippen LogP contribution in [0.1, 0.15) is 31.1 Å². The van der Waals surface area contributed by atoms with Crippen molar-refractivity contribution in [3.63, 3.8) is 0 Å². The van der Waals surface area contributed by atoms with E-state index in [4.69, 9.17) is 21.9 Å². The first-order valence-electron chi connectivity index (χ1n) is 6.68. The number of hydrogen-bond acceptors (Lipinski definition) is 4. The fraction of sp³-hybridized carbons (Fsp3) is 0.429. The van der Waals surface area contributed by atoms with Crippen molar-refractivity contribution in [2.24, 2.45) is 11.7 Å². The van der Waals surface area contributed by atoms with Gasteiger partial charge in [-0.25, -0.2) is 0 Å². The van der Waals surface area contributed by atoms with Crippen molar-refractivity contribution >= 4 is 27.5 Å². The van der Waals surface area contributed by atoms with Crippen molar-refractivity contribution in [3.05, 3.63) is 33.6 Å². The molecular weight excluding hydrogens is 342 g/mol. The second-order valence-corrected chi connectivity index (χ2v) is 6.38. The Labute approximate surface area is 130 Å². The van der Waals surface area contributed by atoms with E-state index in [9.17, 15) is 0 Å². The zero-order valence-electron chi connectivity index (χ0n) is 10.9. The van der Waals surface area contributed by atoms with Crippen LogP contribution in [-0.4, -0.2) is 16.7 Å². The molecule has 1 aliphatic rings. The Hall–Kier alpha value is -0.910. The van der Waals surface area contributed by atoms with E-state index in [0.29, 0.717) is 35.1 Å². The van der Waals surface area contributed by atoms with Crippen LogP contribution in [0.4, 0.5) is 0 Å². The van der Waals surface area contributed by atoms with Gasteiger partial charge in [-0.3, -0.25) is 0 Å². The highest BCUT2D eigenvalue weighted by Crippen LogP contribution is 2.39. The van der Waals surface area contributed by atoms with Crippen LogP contribution in [0.2, 0.25) is 5.02 Å². The minimum absolute atomic E-state index is 0.303. The van der Waals surface area contributed by atoms with Crippen LogP contribution >= 0.6 is 27.5 Å². The van der Waals surface area contributed by atoms with Crippen molar-refractivity contribution in [3.8, 4) is 11.4 Å². The van der Waals surface area contributed by atoms with Gasteiger partial charge in [0.15, 0.2) is 0 Å². The lowest BCUT2D eigenvalue weighted by Crippen LogP contribution is -2.17. The molecule has 0 aliphatic heterocycles. The van der Waals surface area contributed by atoms with Gasteiger partial charge in [0, 0.05) is 16.0 Å². The van der Waals surface area contributed by atoms with Gasteiger partial charge in [0.1, 0.15) is 0 Å². The van der Waals surface area contributed by atoms with E-state index in [1.165, 1.54) is 6.42 Å². The molecule has 1 heterocycles. The van der Waals surface area contributed by atoms with Crippen molar-refractivity contribution in [2.75, 3.05) is 6.54 Å². The Morgan fingerprint density at radius 2 is 2.25 bits per heavy atom. The van der Waals surface area contributed by atoms with Gasteiger partial charge in [0.2, 0.25) is 11.7 Å². The molecule has 2 N–H and O–H groups in total. The minimum Gasteiger partial charge on any atom is -0.339 e. The molecule has 0 saturated heterocycles. The number of aromatic nitrogens is 2. The highest BCUT2D eigenvalue weighted by molar-refractivity contribution is 9.10. The Bertz CT molecular complexity index is 616. The Morgan fingerprint density at radius 1 is 1.40 bits per heavy atom.